The molecule has 0 bridgehead atoms. The van der Waals surface area contributed by atoms with Crippen molar-refractivity contribution in [2.24, 2.45) is 5.73 Å². The lowest BCUT2D eigenvalue weighted by molar-refractivity contribution is 0.100. The highest BCUT2D eigenvalue weighted by Crippen LogP contribution is 2.27. The van der Waals surface area contributed by atoms with Gasteiger partial charge in [-0.2, -0.15) is 8.78 Å². The second kappa shape index (κ2) is 23.7. The molecular formula is C47H59F2N7O6S2. The van der Waals surface area contributed by atoms with Crippen LogP contribution in [-0.4, -0.2) is 99.9 Å². The van der Waals surface area contributed by atoms with E-state index in [9.17, 15) is 30.4 Å². The van der Waals surface area contributed by atoms with E-state index < -0.39 is 32.4 Å². The van der Waals surface area contributed by atoms with Gasteiger partial charge >= 0.3 is 6.43 Å². The van der Waals surface area contributed by atoms with Crippen LogP contribution in [0.5, 0.6) is 0 Å². The summed E-state index contributed by atoms with van der Waals surface area (Å²) in [6.45, 7) is 6.14. The molecule has 0 aliphatic carbocycles. The van der Waals surface area contributed by atoms with Gasteiger partial charge in [0.05, 0.1) is 42.5 Å². The summed E-state index contributed by atoms with van der Waals surface area (Å²) >= 11 is 0. The molecule has 344 valence electrons. The lowest BCUT2D eigenvalue weighted by Crippen LogP contribution is -2.35. The third-order valence-electron chi connectivity index (χ3n) is 11.4. The summed E-state index contributed by atoms with van der Waals surface area (Å²) in [5, 5.41) is 6.99. The highest BCUT2D eigenvalue weighted by Gasteiger charge is 2.25. The predicted octanol–water partition coefficient (Wildman–Crippen LogP) is 7.93. The fourth-order valence-electron chi connectivity index (χ4n) is 7.85. The number of rotatable bonds is 20. The number of ketones is 1. The lowest BCUT2D eigenvalue weighted by Gasteiger charge is -2.28. The van der Waals surface area contributed by atoms with Crippen LogP contribution in [0.25, 0.3) is 11.5 Å². The zero-order chi connectivity index (χ0) is 45.4. The number of nitrogens with zero attached hydrogens (tertiary/aromatic N) is 6. The summed E-state index contributed by atoms with van der Waals surface area (Å²) in [5.74, 6) is -0.694. The predicted molar refractivity (Wildman–Crippen MR) is 247 cm³/mol. The van der Waals surface area contributed by atoms with Gasteiger partial charge in [-0.3, -0.25) is 13.4 Å². The Kier molecular flexibility index (Phi) is 17.9. The van der Waals surface area contributed by atoms with Gasteiger partial charge in [-0.15, -0.1) is 10.2 Å². The van der Waals surface area contributed by atoms with Gasteiger partial charge < -0.3 is 20.0 Å². The molecule has 17 heteroatoms. The van der Waals surface area contributed by atoms with Gasteiger partial charge in [-0.25, -0.2) is 16.8 Å². The van der Waals surface area contributed by atoms with E-state index in [4.69, 9.17) is 10.2 Å². The molecule has 0 radical (unpaired) electrons. The molecule has 2 saturated heterocycles. The summed E-state index contributed by atoms with van der Waals surface area (Å²) in [5.41, 5.74) is 9.27. The van der Waals surface area contributed by atoms with Crippen LogP contribution in [0.1, 0.15) is 85.2 Å². The number of anilines is 2. The minimum Gasteiger partial charge on any atom is -0.415 e. The Morgan fingerprint density at radius 1 is 0.625 bits per heavy atom. The minimum atomic E-state index is -3.56. The second-order valence-corrected chi connectivity index (χ2v) is 20.1. The summed E-state index contributed by atoms with van der Waals surface area (Å²) in [6.07, 6.45) is 5.63. The molecule has 64 heavy (non-hydrogen) atoms. The van der Waals surface area contributed by atoms with Gasteiger partial charge in [-0.1, -0.05) is 85.6 Å². The molecule has 4 aromatic carbocycles. The van der Waals surface area contributed by atoms with Crippen molar-refractivity contribution in [2.45, 2.75) is 70.9 Å². The number of hydrogen-bond acceptors (Lipinski definition) is 11. The lowest BCUT2D eigenvalue weighted by atomic mass is 10.1. The molecule has 13 nitrogen and oxygen atoms in total. The van der Waals surface area contributed by atoms with Crippen molar-refractivity contribution in [3.63, 3.8) is 0 Å². The number of piperidine rings is 2. The standard InChI is InChI=1S/C24H28F2N4O3S.C23H31N3O3S/c25-22(26)24-28-27-23(33-24)20-12-10-19(11-13-20)18-30(21-8-3-1-4-9-21)34(31,32)17-7-16-29-14-5-2-6-15-29;24-18-23(27)21-12-10-20(11-13-21)19-26(22-8-3-1-4-9-22)30(28,29)17-7-16-25-14-5-2-6-15-25/h1,3-4,8-13,22H,2,5-7,14-18H2;1,3-4,8-13H,2,5-7,14-19,24H2. The monoisotopic (exact) mass is 919 g/mol. The zero-order valence-electron chi connectivity index (χ0n) is 36.2. The number of carbonyl (C=O) groups is 1. The molecule has 2 aliphatic heterocycles. The third-order valence-corrected chi connectivity index (χ3v) is 15.0. The quantitative estimate of drug-likeness (QED) is 0.0755. The number of aromatic nitrogens is 2. The topological polar surface area (TPSA) is 163 Å². The average Bonchev–Trinajstić information content (AvgIpc) is 3.83. The number of Topliss-reactive ketones (excluding diaryl/α,β-unsaturated/α-hetero) is 1. The van der Waals surface area contributed by atoms with E-state index in [1.54, 1.807) is 60.7 Å². The van der Waals surface area contributed by atoms with E-state index in [1.165, 1.54) is 47.1 Å². The summed E-state index contributed by atoms with van der Waals surface area (Å²) in [4.78, 5) is 16.4. The molecular weight excluding hydrogens is 861 g/mol. The van der Waals surface area contributed by atoms with Crippen LogP contribution in [0.2, 0.25) is 0 Å². The van der Waals surface area contributed by atoms with Crippen molar-refractivity contribution in [3.05, 3.63) is 132 Å². The minimum absolute atomic E-state index is 0.00732. The third kappa shape index (κ3) is 14.2. The van der Waals surface area contributed by atoms with Crippen molar-refractivity contribution in [2.75, 3.05) is 65.9 Å². The van der Waals surface area contributed by atoms with Crippen molar-refractivity contribution >= 4 is 37.2 Å². The van der Waals surface area contributed by atoms with Crippen LogP contribution >= 0.6 is 0 Å². The molecule has 0 unspecified atom stereocenters. The van der Waals surface area contributed by atoms with Crippen LogP contribution in [-0.2, 0) is 33.1 Å². The van der Waals surface area contributed by atoms with E-state index in [1.807, 2.05) is 48.5 Å². The van der Waals surface area contributed by atoms with Crippen molar-refractivity contribution < 1.29 is 34.8 Å². The van der Waals surface area contributed by atoms with Crippen molar-refractivity contribution in [1.29, 1.82) is 0 Å². The van der Waals surface area contributed by atoms with Crippen LogP contribution in [0.3, 0.4) is 0 Å². The zero-order valence-corrected chi connectivity index (χ0v) is 37.8. The Hall–Kier alpha value is -5.07. The van der Waals surface area contributed by atoms with Gasteiger partial charge in [0.15, 0.2) is 5.78 Å². The first kappa shape index (κ1) is 48.4. The Labute approximate surface area is 376 Å². The molecule has 1 aromatic heterocycles. The smallest absolute Gasteiger partial charge is 0.314 e. The van der Waals surface area contributed by atoms with Gasteiger partial charge in [-0.05, 0) is 125 Å². The van der Waals surface area contributed by atoms with Crippen LogP contribution in [0.15, 0.2) is 114 Å². The van der Waals surface area contributed by atoms with Crippen molar-refractivity contribution in [1.82, 2.24) is 20.0 Å². The number of alkyl halides is 2. The van der Waals surface area contributed by atoms with Gasteiger partial charge in [0, 0.05) is 11.1 Å². The molecule has 7 rings (SSSR count). The molecule has 0 saturated carbocycles. The Bertz CT molecular complexity index is 2400. The van der Waals surface area contributed by atoms with E-state index in [2.05, 4.69) is 20.0 Å². The average molecular weight is 920 g/mol. The first-order valence-electron chi connectivity index (χ1n) is 22.0. The molecule has 2 aliphatic rings. The number of para-hydroxylation sites is 2. The molecule has 5 aromatic rings. The van der Waals surface area contributed by atoms with Gasteiger partial charge in [0.25, 0.3) is 5.89 Å². The van der Waals surface area contributed by atoms with Gasteiger partial charge in [0.1, 0.15) is 0 Å². The fourth-order valence-corrected chi connectivity index (χ4v) is 10.9. The summed E-state index contributed by atoms with van der Waals surface area (Å²) in [7, 11) is -7.05. The number of benzene rings is 4. The van der Waals surface area contributed by atoms with E-state index in [-0.39, 0.29) is 42.8 Å². The number of carbonyl (C=O) groups excluding carboxylic acids is 1. The number of sulfonamides is 2. The number of hydrogen-bond donors (Lipinski definition) is 1. The molecule has 0 amide bonds. The maximum absolute atomic E-state index is 13.3. The maximum atomic E-state index is 13.3. The Morgan fingerprint density at radius 3 is 1.47 bits per heavy atom. The van der Waals surface area contributed by atoms with E-state index >= 15 is 0 Å². The van der Waals surface area contributed by atoms with E-state index in [0.29, 0.717) is 35.3 Å². The summed E-state index contributed by atoms with van der Waals surface area (Å²) in [6, 6.07) is 32.0. The highest BCUT2D eigenvalue weighted by atomic mass is 32.2. The fraction of sp³-hybridized carbons (Fsp3) is 0.426. The molecule has 0 spiro atoms. The first-order valence-corrected chi connectivity index (χ1v) is 25.2. The number of halogens is 2. The summed E-state index contributed by atoms with van der Waals surface area (Å²) < 4.78 is 86.5. The van der Waals surface area contributed by atoms with E-state index in [0.717, 1.165) is 50.4 Å². The molecule has 0 atom stereocenters. The maximum Gasteiger partial charge on any atom is 0.314 e. The van der Waals surface area contributed by atoms with Crippen molar-refractivity contribution in [3.8, 4) is 11.5 Å². The second-order valence-electron chi connectivity index (χ2n) is 16.1. The molecule has 2 N–H and O–H groups in total. The Balaban J connectivity index is 0.000000214. The number of likely N-dealkylation sites (tertiary alicyclic amines) is 2. The van der Waals surface area contributed by atoms with Gasteiger partial charge in [0.2, 0.25) is 25.9 Å². The molecule has 2 fully saturated rings. The molecule has 3 heterocycles. The SMILES string of the molecule is NCC(=O)c1ccc(CN(c2ccccc2)S(=O)(=O)CCCN2CCCCC2)cc1.O=S(=O)(CCCN1CCCCC1)N(Cc1ccc(-c2nnc(C(F)F)o2)cc1)c1ccccc1. The van der Waals surface area contributed by atoms with Crippen LogP contribution in [0.4, 0.5) is 20.2 Å². The number of nitrogens with two attached hydrogens (primary N) is 1. The Morgan fingerprint density at radius 2 is 1.06 bits per heavy atom. The largest absolute Gasteiger partial charge is 0.415 e. The first-order chi connectivity index (χ1) is 30.9. The van der Waals surface area contributed by atoms with Crippen LogP contribution in [0, 0.1) is 0 Å². The van der Waals surface area contributed by atoms with Crippen LogP contribution < -0.4 is 14.3 Å². The highest BCUT2D eigenvalue weighted by molar-refractivity contribution is 7.93. The normalized spacial score (nSPS) is 15.1.